The molecular formula is C15H15NO2. The zero-order valence-electron chi connectivity index (χ0n) is 10.1. The predicted octanol–water partition coefficient (Wildman–Crippen LogP) is 2.13. The minimum Gasteiger partial charge on any atom is -0.384 e. The van der Waals surface area contributed by atoms with Crippen molar-refractivity contribution >= 4 is 5.91 Å². The molecule has 3 heteroatoms. The number of amides is 1. The van der Waals surface area contributed by atoms with E-state index >= 15 is 0 Å². The highest BCUT2D eigenvalue weighted by Crippen LogP contribution is 2.24. The second kappa shape index (κ2) is 5.47. The molecule has 3 nitrogen and oxygen atoms in total. The summed E-state index contributed by atoms with van der Waals surface area (Å²) in [5.41, 5.74) is 1.88. The van der Waals surface area contributed by atoms with Gasteiger partial charge in [0.1, 0.15) is 6.10 Å². The van der Waals surface area contributed by atoms with Gasteiger partial charge in [-0.25, -0.2) is 0 Å². The van der Waals surface area contributed by atoms with Gasteiger partial charge < -0.3 is 10.4 Å². The Labute approximate surface area is 106 Å². The van der Waals surface area contributed by atoms with E-state index in [0.29, 0.717) is 11.1 Å². The number of aliphatic hydroxyl groups is 1. The highest BCUT2D eigenvalue weighted by atomic mass is 16.3. The number of nitrogens with one attached hydrogen (secondary N) is 1. The zero-order valence-corrected chi connectivity index (χ0v) is 10.1. The molecule has 0 saturated carbocycles. The van der Waals surface area contributed by atoms with E-state index < -0.39 is 6.10 Å². The first-order valence-electron chi connectivity index (χ1n) is 5.78. The van der Waals surface area contributed by atoms with E-state index in [1.54, 1.807) is 25.2 Å². The van der Waals surface area contributed by atoms with E-state index in [-0.39, 0.29) is 5.91 Å². The molecule has 2 rings (SSSR count). The van der Waals surface area contributed by atoms with E-state index in [4.69, 9.17) is 0 Å². The number of hydrogen-bond acceptors (Lipinski definition) is 2. The summed E-state index contributed by atoms with van der Waals surface area (Å²) in [6, 6.07) is 16.4. The Morgan fingerprint density at radius 3 is 2.33 bits per heavy atom. The van der Waals surface area contributed by atoms with Gasteiger partial charge in [-0.05, 0) is 17.2 Å². The Morgan fingerprint density at radius 1 is 1.06 bits per heavy atom. The molecule has 0 radical (unpaired) electrons. The minimum atomic E-state index is -0.792. The van der Waals surface area contributed by atoms with E-state index in [0.717, 1.165) is 5.56 Å². The third-order valence-corrected chi connectivity index (χ3v) is 2.84. The van der Waals surface area contributed by atoms with Gasteiger partial charge in [0.25, 0.3) is 5.91 Å². The number of hydrogen-bond donors (Lipinski definition) is 2. The molecule has 0 aromatic heterocycles. The van der Waals surface area contributed by atoms with E-state index in [9.17, 15) is 9.90 Å². The van der Waals surface area contributed by atoms with Crippen LogP contribution in [-0.2, 0) is 0 Å². The molecular weight excluding hydrogens is 226 g/mol. The normalized spacial score (nSPS) is 11.9. The van der Waals surface area contributed by atoms with Crippen LogP contribution in [-0.4, -0.2) is 18.1 Å². The molecule has 0 aliphatic heterocycles. The Bertz CT molecular complexity index is 537. The van der Waals surface area contributed by atoms with E-state index in [1.165, 1.54) is 0 Å². The SMILES string of the molecule is CNC(=O)c1ccccc1C(O)c1ccccc1. The van der Waals surface area contributed by atoms with Gasteiger partial charge in [0.2, 0.25) is 0 Å². The highest BCUT2D eigenvalue weighted by molar-refractivity contribution is 5.95. The molecule has 1 unspecified atom stereocenters. The van der Waals surface area contributed by atoms with Gasteiger partial charge in [0.05, 0.1) is 0 Å². The van der Waals surface area contributed by atoms with Crippen LogP contribution in [0.1, 0.15) is 27.6 Å². The molecule has 0 aliphatic carbocycles. The maximum Gasteiger partial charge on any atom is 0.251 e. The maximum atomic E-state index is 11.7. The van der Waals surface area contributed by atoms with Crippen LogP contribution in [0, 0.1) is 0 Å². The highest BCUT2D eigenvalue weighted by Gasteiger charge is 2.17. The molecule has 1 amide bonds. The molecule has 92 valence electrons. The second-order valence-corrected chi connectivity index (χ2v) is 3.98. The Kier molecular flexibility index (Phi) is 3.75. The second-order valence-electron chi connectivity index (χ2n) is 3.98. The van der Waals surface area contributed by atoms with Crippen molar-refractivity contribution in [3.8, 4) is 0 Å². The van der Waals surface area contributed by atoms with Crippen molar-refractivity contribution in [2.24, 2.45) is 0 Å². The van der Waals surface area contributed by atoms with Crippen molar-refractivity contribution in [1.82, 2.24) is 5.32 Å². The topological polar surface area (TPSA) is 49.3 Å². The first-order valence-corrected chi connectivity index (χ1v) is 5.78. The third-order valence-electron chi connectivity index (χ3n) is 2.84. The Hall–Kier alpha value is -2.13. The quantitative estimate of drug-likeness (QED) is 0.864. The van der Waals surface area contributed by atoms with Crippen molar-refractivity contribution in [2.45, 2.75) is 6.10 Å². The van der Waals surface area contributed by atoms with E-state index in [1.807, 2.05) is 36.4 Å². The fourth-order valence-corrected chi connectivity index (χ4v) is 1.89. The first-order chi connectivity index (χ1) is 8.74. The number of carbonyl (C=O) groups is 1. The molecule has 0 fully saturated rings. The number of aliphatic hydroxyl groups excluding tert-OH is 1. The molecule has 2 aromatic carbocycles. The molecule has 0 bridgehead atoms. The number of rotatable bonds is 3. The summed E-state index contributed by atoms with van der Waals surface area (Å²) in [4.78, 5) is 11.7. The van der Waals surface area contributed by atoms with Gasteiger partial charge in [-0.15, -0.1) is 0 Å². The van der Waals surface area contributed by atoms with Gasteiger partial charge in [-0.1, -0.05) is 48.5 Å². The molecule has 0 heterocycles. The van der Waals surface area contributed by atoms with Crippen LogP contribution in [0.3, 0.4) is 0 Å². The van der Waals surface area contributed by atoms with Crippen molar-refractivity contribution in [2.75, 3.05) is 7.05 Å². The van der Waals surface area contributed by atoms with Gasteiger partial charge in [0, 0.05) is 12.6 Å². The van der Waals surface area contributed by atoms with Crippen molar-refractivity contribution < 1.29 is 9.90 Å². The fraction of sp³-hybridized carbons (Fsp3) is 0.133. The van der Waals surface area contributed by atoms with Crippen LogP contribution in [0.15, 0.2) is 54.6 Å². The van der Waals surface area contributed by atoms with Gasteiger partial charge in [-0.3, -0.25) is 4.79 Å². The standard InChI is InChI=1S/C15H15NO2/c1-16-15(18)13-10-6-5-9-12(13)14(17)11-7-3-2-4-8-11/h2-10,14,17H,1H3,(H,16,18). The van der Waals surface area contributed by atoms with Crippen LogP contribution < -0.4 is 5.32 Å². The van der Waals surface area contributed by atoms with Crippen LogP contribution in [0.4, 0.5) is 0 Å². The maximum absolute atomic E-state index is 11.7. The van der Waals surface area contributed by atoms with Crippen molar-refractivity contribution in [3.63, 3.8) is 0 Å². The molecule has 2 aromatic rings. The number of benzene rings is 2. The van der Waals surface area contributed by atoms with Crippen LogP contribution in [0.5, 0.6) is 0 Å². The van der Waals surface area contributed by atoms with Crippen molar-refractivity contribution in [1.29, 1.82) is 0 Å². The molecule has 2 N–H and O–H groups in total. The first kappa shape index (κ1) is 12.3. The van der Waals surface area contributed by atoms with E-state index in [2.05, 4.69) is 5.32 Å². The third kappa shape index (κ3) is 2.41. The van der Waals surface area contributed by atoms with Gasteiger partial charge in [0.15, 0.2) is 0 Å². The lowest BCUT2D eigenvalue weighted by Gasteiger charge is -2.15. The number of carbonyl (C=O) groups excluding carboxylic acids is 1. The minimum absolute atomic E-state index is 0.194. The van der Waals surface area contributed by atoms with Gasteiger partial charge in [-0.2, -0.15) is 0 Å². The molecule has 0 spiro atoms. The lowest BCUT2D eigenvalue weighted by Crippen LogP contribution is -2.20. The zero-order chi connectivity index (χ0) is 13.0. The average Bonchev–Trinajstić information content (AvgIpc) is 2.46. The molecule has 0 aliphatic rings. The summed E-state index contributed by atoms with van der Waals surface area (Å²) in [6.45, 7) is 0. The summed E-state index contributed by atoms with van der Waals surface area (Å²) in [7, 11) is 1.58. The van der Waals surface area contributed by atoms with Gasteiger partial charge >= 0.3 is 0 Å². The fourth-order valence-electron chi connectivity index (χ4n) is 1.89. The monoisotopic (exact) mass is 241 g/mol. The van der Waals surface area contributed by atoms with Crippen LogP contribution in [0.25, 0.3) is 0 Å². The predicted molar refractivity (Wildman–Crippen MR) is 70.3 cm³/mol. The average molecular weight is 241 g/mol. The summed E-state index contributed by atoms with van der Waals surface area (Å²) < 4.78 is 0. The van der Waals surface area contributed by atoms with Crippen LogP contribution >= 0.6 is 0 Å². The molecule has 0 saturated heterocycles. The van der Waals surface area contributed by atoms with Crippen LogP contribution in [0.2, 0.25) is 0 Å². The largest absolute Gasteiger partial charge is 0.384 e. The summed E-state index contributed by atoms with van der Waals surface area (Å²) in [6.07, 6.45) is -0.792. The molecule has 1 atom stereocenters. The smallest absolute Gasteiger partial charge is 0.251 e. The van der Waals surface area contributed by atoms with Crippen molar-refractivity contribution in [3.05, 3.63) is 71.3 Å². The lowest BCUT2D eigenvalue weighted by atomic mass is 9.96. The lowest BCUT2D eigenvalue weighted by molar-refractivity contribution is 0.0958. The summed E-state index contributed by atoms with van der Waals surface area (Å²) in [5, 5.41) is 12.9. The molecule has 18 heavy (non-hydrogen) atoms. The summed E-state index contributed by atoms with van der Waals surface area (Å²) in [5.74, 6) is -0.194. The Balaban J connectivity index is 2.42. The Morgan fingerprint density at radius 2 is 1.67 bits per heavy atom. The summed E-state index contributed by atoms with van der Waals surface area (Å²) >= 11 is 0.